The number of hydrogen-bond acceptors (Lipinski definition) is 6. The molecule has 0 unspecified atom stereocenters. The first kappa shape index (κ1) is 19.3. The topological polar surface area (TPSA) is 102 Å². The van der Waals surface area contributed by atoms with E-state index in [9.17, 15) is 9.59 Å². The zero-order valence-corrected chi connectivity index (χ0v) is 16.7. The molecule has 8 nitrogen and oxygen atoms in total. The number of thioether (sulfide) groups is 1. The van der Waals surface area contributed by atoms with Gasteiger partial charge in [0.1, 0.15) is 0 Å². The maximum Gasteiger partial charge on any atom is 0.253 e. The second-order valence-corrected chi connectivity index (χ2v) is 7.60. The summed E-state index contributed by atoms with van der Waals surface area (Å²) < 4.78 is 7.29. The average molecular weight is 411 g/mol. The van der Waals surface area contributed by atoms with Crippen molar-refractivity contribution in [3.63, 3.8) is 0 Å². The molecule has 0 saturated heterocycles. The fourth-order valence-corrected chi connectivity index (χ4v) is 3.67. The van der Waals surface area contributed by atoms with Crippen molar-refractivity contribution in [3.8, 4) is 11.6 Å². The molecule has 0 radical (unpaired) electrons. The van der Waals surface area contributed by atoms with Crippen molar-refractivity contribution in [1.29, 1.82) is 0 Å². The van der Waals surface area contributed by atoms with Gasteiger partial charge in [0.15, 0.2) is 16.7 Å². The second kappa shape index (κ2) is 8.52. The molecule has 0 atom stereocenters. The van der Waals surface area contributed by atoms with Crippen LogP contribution in [0.2, 0.25) is 0 Å². The van der Waals surface area contributed by atoms with Gasteiger partial charge in [-0.05, 0) is 44.0 Å². The third kappa shape index (κ3) is 4.51. The Bertz CT molecular complexity index is 1010. The summed E-state index contributed by atoms with van der Waals surface area (Å²) in [6, 6.07) is 10.9. The lowest BCUT2D eigenvalue weighted by molar-refractivity contribution is -0.113. The lowest BCUT2D eigenvalue weighted by Crippen LogP contribution is -2.27. The van der Waals surface area contributed by atoms with Crippen LogP contribution in [0.3, 0.4) is 0 Å². The summed E-state index contributed by atoms with van der Waals surface area (Å²) in [5, 5.41) is 14.8. The molecule has 2 heterocycles. The molecule has 150 valence electrons. The van der Waals surface area contributed by atoms with Crippen LogP contribution in [0, 0.1) is 0 Å². The van der Waals surface area contributed by atoms with Gasteiger partial charge >= 0.3 is 0 Å². The van der Waals surface area contributed by atoms with Gasteiger partial charge in [0.25, 0.3) is 5.91 Å². The van der Waals surface area contributed by atoms with Crippen LogP contribution < -0.4 is 10.6 Å². The highest BCUT2D eigenvalue weighted by atomic mass is 32.2. The molecule has 1 aliphatic rings. The molecule has 0 aliphatic heterocycles. The van der Waals surface area contributed by atoms with Crippen molar-refractivity contribution in [1.82, 2.24) is 20.1 Å². The number of benzene rings is 1. The lowest BCUT2D eigenvalue weighted by Gasteiger charge is -2.11. The summed E-state index contributed by atoms with van der Waals surface area (Å²) in [4.78, 5) is 24.9. The molecule has 1 aromatic carbocycles. The van der Waals surface area contributed by atoms with E-state index in [1.54, 1.807) is 36.6 Å². The van der Waals surface area contributed by atoms with Crippen LogP contribution in [-0.2, 0) is 11.3 Å². The predicted molar refractivity (Wildman–Crippen MR) is 110 cm³/mol. The SMILES string of the molecule is CCn1c(SCC(=O)Nc2ccccc2C(=O)NC2CC2)nnc1-c1ccco1. The van der Waals surface area contributed by atoms with Crippen LogP contribution in [0.25, 0.3) is 11.6 Å². The number of anilines is 1. The highest BCUT2D eigenvalue weighted by Crippen LogP contribution is 2.25. The maximum atomic E-state index is 12.5. The molecule has 2 N–H and O–H groups in total. The van der Waals surface area contributed by atoms with Crippen LogP contribution in [0.15, 0.2) is 52.2 Å². The first-order chi connectivity index (χ1) is 14.2. The van der Waals surface area contributed by atoms with Gasteiger partial charge in [-0.1, -0.05) is 23.9 Å². The molecule has 1 saturated carbocycles. The Morgan fingerprint density at radius 2 is 2.03 bits per heavy atom. The van der Waals surface area contributed by atoms with E-state index >= 15 is 0 Å². The zero-order chi connectivity index (χ0) is 20.2. The summed E-state index contributed by atoms with van der Waals surface area (Å²) in [5.41, 5.74) is 0.971. The van der Waals surface area contributed by atoms with Gasteiger partial charge in [0.2, 0.25) is 5.91 Å². The first-order valence-corrected chi connectivity index (χ1v) is 10.4. The number of para-hydroxylation sites is 1. The molecule has 1 aliphatic carbocycles. The molecule has 9 heteroatoms. The molecule has 1 fully saturated rings. The Labute approximate surface area is 172 Å². The van der Waals surface area contributed by atoms with Crippen LogP contribution in [-0.4, -0.2) is 38.4 Å². The van der Waals surface area contributed by atoms with Crippen molar-refractivity contribution >= 4 is 29.3 Å². The predicted octanol–water partition coefficient (Wildman–Crippen LogP) is 3.18. The number of aromatic nitrogens is 3. The third-order valence-corrected chi connectivity index (χ3v) is 5.43. The van der Waals surface area contributed by atoms with Gasteiger partial charge < -0.3 is 15.1 Å². The monoisotopic (exact) mass is 411 g/mol. The fraction of sp³-hybridized carbons (Fsp3) is 0.300. The molecule has 0 spiro atoms. The number of rotatable bonds is 8. The quantitative estimate of drug-likeness (QED) is 0.552. The Morgan fingerprint density at radius 3 is 2.76 bits per heavy atom. The summed E-state index contributed by atoms with van der Waals surface area (Å²) >= 11 is 1.29. The van der Waals surface area contributed by atoms with E-state index in [2.05, 4.69) is 20.8 Å². The summed E-state index contributed by atoms with van der Waals surface area (Å²) in [5.74, 6) is 1.03. The van der Waals surface area contributed by atoms with Gasteiger partial charge in [-0.25, -0.2) is 0 Å². The summed E-state index contributed by atoms with van der Waals surface area (Å²) in [6.45, 7) is 2.63. The largest absolute Gasteiger partial charge is 0.461 e. The van der Waals surface area contributed by atoms with E-state index in [1.807, 2.05) is 17.6 Å². The second-order valence-electron chi connectivity index (χ2n) is 6.66. The Hall–Kier alpha value is -3.07. The Morgan fingerprint density at radius 1 is 1.21 bits per heavy atom. The number of nitrogens with zero attached hydrogens (tertiary/aromatic N) is 3. The van der Waals surface area contributed by atoms with Gasteiger partial charge in [0, 0.05) is 12.6 Å². The molecule has 0 bridgehead atoms. The zero-order valence-electron chi connectivity index (χ0n) is 15.9. The number of hydrogen-bond donors (Lipinski definition) is 2. The smallest absolute Gasteiger partial charge is 0.253 e. The van der Waals surface area contributed by atoms with Gasteiger partial charge in [-0.15, -0.1) is 10.2 Å². The molecule has 29 heavy (non-hydrogen) atoms. The highest BCUT2D eigenvalue weighted by molar-refractivity contribution is 7.99. The van der Waals surface area contributed by atoms with Gasteiger partial charge in [0.05, 0.1) is 23.3 Å². The van der Waals surface area contributed by atoms with Crippen molar-refractivity contribution < 1.29 is 14.0 Å². The average Bonchev–Trinajstić information content (AvgIpc) is 3.20. The van der Waals surface area contributed by atoms with Crippen LogP contribution in [0.4, 0.5) is 5.69 Å². The Kier molecular flexibility index (Phi) is 5.66. The van der Waals surface area contributed by atoms with E-state index in [4.69, 9.17) is 4.42 Å². The van der Waals surface area contributed by atoms with E-state index in [0.717, 1.165) is 12.8 Å². The molecule has 4 rings (SSSR count). The van der Waals surface area contributed by atoms with Crippen molar-refractivity contribution in [2.75, 3.05) is 11.1 Å². The van der Waals surface area contributed by atoms with Crippen molar-refractivity contribution in [2.45, 2.75) is 37.5 Å². The van der Waals surface area contributed by atoms with Gasteiger partial charge in [-0.3, -0.25) is 14.2 Å². The van der Waals surface area contributed by atoms with Crippen LogP contribution in [0.1, 0.15) is 30.1 Å². The van der Waals surface area contributed by atoms with Crippen molar-refractivity contribution in [3.05, 3.63) is 48.2 Å². The summed E-state index contributed by atoms with van der Waals surface area (Å²) in [6.07, 6.45) is 3.60. The number of carbonyl (C=O) groups excluding carboxylic acids is 2. The minimum atomic E-state index is -0.216. The Balaban J connectivity index is 1.41. The van der Waals surface area contributed by atoms with Crippen molar-refractivity contribution in [2.24, 2.45) is 0 Å². The number of furan rings is 1. The van der Waals surface area contributed by atoms with Crippen LogP contribution >= 0.6 is 11.8 Å². The van der Waals surface area contributed by atoms with Crippen LogP contribution in [0.5, 0.6) is 0 Å². The van der Waals surface area contributed by atoms with E-state index in [0.29, 0.717) is 34.5 Å². The number of nitrogens with one attached hydrogen (secondary N) is 2. The standard InChI is InChI=1S/C20H21N5O3S/c1-2-25-18(16-8-5-11-28-16)23-24-20(25)29-12-17(26)22-15-7-4-3-6-14(15)19(27)21-13-9-10-13/h3-8,11,13H,2,9-10,12H2,1H3,(H,21,27)(H,22,26). The molecule has 2 aromatic heterocycles. The third-order valence-electron chi connectivity index (χ3n) is 4.47. The molecular weight excluding hydrogens is 390 g/mol. The first-order valence-electron chi connectivity index (χ1n) is 9.45. The maximum absolute atomic E-state index is 12.5. The van der Waals surface area contributed by atoms with E-state index in [1.165, 1.54) is 11.8 Å². The number of amides is 2. The van der Waals surface area contributed by atoms with Gasteiger partial charge in [-0.2, -0.15) is 0 Å². The van der Waals surface area contributed by atoms with E-state index in [-0.39, 0.29) is 23.6 Å². The summed E-state index contributed by atoms with van der Waals surface area (Å²) in [7, 11) is 0. The van der Waals surface area contributed by atoms with E-state index < -0.39 is 0 Å². The normalized spacial score (nSPS) is 13.3. The molecule has 2 amide bonds. The fourth-order valence-electron chi connectivity index (χ4n) is 2.87. The number of carbonyl (C=O) groups is 2. The molecular formula is C20H21N5O3S. The lowest BCUT2D eigenvalue weighted by atomic mass is 10.1. The minimum Gasteiger partial charge on any atom is -0.461 e. The highest BCUT2D eigenvalue weighted by Gasteiger charge is 2.25. The minimum absolute atomic E-state index is 0.148. The molecule has 3 aromatic rings.